The molecule has 0 N–H and O–H groups in total. The van der Waals surface area contributed by atoms with Crippen molar-refractivity contribution in [2.45, 2.75) is 52.1 Å². The molecule has 1 saturated heterocycles. The molecular weight excluding hydrogens is 292 g/mol. The highest BCUT2D eigenvalue weighted by Gasteiger charge is 2.17. The van der Waals surface area contributed by atoms with Gasteiger partial charge in [-0.1, -0.05) is 12.8 Å². The normalized spacial score (nSPS) is 16.0. The van der Waals surface area contributed by atoms with E-state index in [-0.39, 0.29) is 11.5 Å². The van der Waals surface area contributed by atoms with Crippen molar-refractivity contribution >= 4 is 5.91 Å². The number of likely N-dealkylation sites (tertiary alicyclic amines) is 1. The first-order valence-electron chi connectivity index (χ1n) is 8.48. The van der Waals surface area contributed by atoms with Crippen LogP contribution in [0.5, 0.6) is 5.88 Å². The van der Waals surface area contributed by atoms with Gasteiger partial charge in [-0.3, -0.25) is 4.79 Å². The molecule has 2 heterocycles. The van der Waals surface area contributed by atoms with Gasteiger partial charge in [0.25, 0.3) is 5.91 Å². The molecule has 0 aliphatic carbocycles. The van der Waals surface area contributed by atoms with Crippen LogP contribution in [-0.2, 0) is 4.74 Å². The zero-order valence-electron chi connectivity index (χ0n) is 14.5. The van der Waals surface area contributed by atoms with Gasteiger partial charge < -0.3 is 14.4 Å². The van der Waals surface area contributed by atoms with Crippen molar-refractivity contribution in [1.82, 2.24) is 9.88 Å². The molecule has 1 amide bonds. The zero-order chi connectivity index (χ0) is 16.7. The van der Waals surface area contributed by atoms with Crippen molar-refractivity contribution < 1.29 is 14.3 Å². The monoisotopic (exact) mass is 320 g/mol. The van der Waals surface area contributed by atoms with Gasteiger partial charge in [-0.2, -0.15) is 0 Å². The van der Waals surface area contributed by atoms with E-state index in [1.54, 1.807) is 18.3 Å². The first-order valence-corrected chi connectivity index (χ1v) is 8.48. The van der Waals surface area contributed by atoms with Crippen LogP contribution >= 0.6 is 0 Å². The van der Waals surface area contributed by atoms with E-state index >= 15 is 0 Å². The number of ether oxygens (including phenoxy) is 2. The minimum absolute atomic E-state index is 0.0713. The fourth-order valence-electron chi connectivity index (χ4n) is 2.54. The molecule has 1 fully saturated rings. The lowest BCUT2D eigenvalue weighted by Gasteiger charge is -2.20. The summed E-state index contributed by atoms with van der Waals surface area (Å²) in [5.41, 5.74) is 0.463. The van der Waals surface area contributed by atoms with E-state index in [9.17, 15) is 4.79 Å². The Hall–Kier alpha value is -1.62. The summed E-state index contributed by atoms with van der Waals surface area (Å²) in [6.45, 7) is 8.68. The maximum Gasteiger partial charge on any atom is 0.255 e. The number of nitrogens with zero attached hydrogens (tertiary/aromatic N) is 2. The topological polar surface area (TPSA) is 51.7 Å². The molecule has 2 rings (SSSR count). The van der Waals surface area contributed by atoms with Crippen LogP contribution in [0.1, 0.15) is 56.8 Å². The number of amides is 1. The highest BCUT2D eigenvalue weighted by Crippen LogP contribution is 2.15. The lowest BCUT2D eigenvalue weighted by Crippen LogP contribution is -2.31. The maximum absolute atomic E-state index is 12.5. The number of hydrogen-bond donors (Lipinski definition) is 0. The average molecular weight is 320 g/mol. The minimum atomic E-state index is -0.166. The number of aromatic nitrogens is 1. The third kappa shape index (κ3) is 6.18. The van der Waals surface area contributed by atoms with Gasteiger partial charge in [0.1, 0.15) is 6.61 Å². The molecule has 5 nitrogen and oxygen atoms in total. The largest absolute Gasteiger partial charge is 0.475 e. The Labute approximate surface area is 139 Å². The van der Waals surface area contributed by atoms with E-state index in [0.29, 0.717) is 24.7 Å². The molecule has 1 aromatic rings. The summed E-state index contributed by atoms with van der Waals surface area (Å²) in [5, 5.41) is 0. The molecule has 1 aliphatic rings. The first-order chi connectivity index (χ1) is 11.0. The molecule has 1 aliphatic heterocycles. The lowest BCUT2D eigenvalue weighted by atomic mass is 10.2. The summed E-state index contributed by atoms with van der Waals surface area (Å²) in [7, 11) is 0. The van der Waals surface area contributed by atoms with Gasteiger partial charge in [-0.25, -0.2) is 4.98 Å². The molecule has 0 radical (unpaired) electrons. The third-order valence-corrected chi connectivity index (χ3v) is 3.74. The second-order valence-corrected chi connectivity index (χ2v) is 6.90. The van der Waals surface area contributed by atoms with Crippen LogP contribution in [0.2, 0.25) is 0 Å². The second-order valence-electron chi connectivity index (χ2n) is 6.90. The third-order valence-electron chi connectivity index (χ3n) is 3.74. The van der Waals surface area contributed by atoms with E-state index in [1.807, 2.05) is 25.7 Å². The maximum atomic E-state index is 12.5. The van der Waals surface area contributed by atoms with Gasteiger partial charge in [0.05, 0.1) is 17.8 Å². The van der Waals surface area contributed by atoms with Crippen molar-refractivity contribution in [1.29, 1.82) is 0 Å². The van der Waals surface area contributed by atoms with Crippen LogP contribution in [-0.4, -0.2) is 47.7 Å². The van der Waals surface area contributed by atoms with Gasteiger partial charge >= 0.3 is 0 Å². The van der Waals surface area contributed by atoms with Gasteiger partial charge in [0.2, 0.25) is 5.88 Å². The fourth-order valence-corrected chi connectivity index (χ4v) is 2.54. The minimum Gasteiger partial charge on any atom is -0.475 e. The number of carbonyl (C=O) groups is 1. The predicted octanol–water partition coefficient (Wildman–Crippen LogP) is 3.29. The Morgan fingerprint density at radius 1 is 1.13 bits per heavy atom. The SMILES string of the molecule is CC(C)(C)OCCOc1ccc(C(=O)N2CCCCCC2)cn1. The summed E-state index contributed by atoms with van der Waals surface area (Å²) in [6.07, 6.45) is 6.21. The van der Waals surface area contributed by atoms with E-state index < -0.39 is 0 Å². The van der Waals surface area contributed by atoms with Gasteiger partial charge in [-0.05, 0) is 39.7 Å². The van der Waals surface area contributed by atoms with Crippen LogP contribution in [0.15, 0.2) is 18.3 Å². The Bertz CT molecular complexity index is 486. The molecule has 5 heteroatoms. The lowest BCUT2D eigenvalue weighted by molar-refractivity contribution is -0.0168. The van der Waals surface area contributed by atoms with Crippen molar-refractivity contribution in [2.75, 3.05) is 26.3 Å². The number of rotatable bonds is 5. The molecule has 1 aromatic heterocycles. The van der Waals surface area contributed by atoms with E-state index in [1.165, 1.54) is 12.8 Å². The summed E-state index contributed by atoms with van der Waals surface area (Å²) in [4.78, 5) is 18.6. The van der Waals surface area contributed by atoms with Crippen LogP contribution in [0.3, 0.4) is 0 Å². The van der Waals surface area contributed by atoms with E-state index in [2.05, 4.69) is 4.98 Å². The Balaban J connectivity index is 1.82. The molecule has 0 unspecified atom stereocenters. The smallest absolute Gasteiger partial charge is 0.255 e. The Kier molecular flexibility index (Phi) is 6.39. The molecule has 0 aromatic carbocycles. The van der Waals surface area contributed by atoms with Crippen LogP contribution in [0.25, 0.3) is 0 Å². The first kappa shape index (κ1) is 17.7. The number of hydrogen-bond acceptors (Lipinski definition) is 4. The summed E-state index contributed by atoms with van der Waals surface area (Å²) < 4.78 is 11.1. The van der Waals surface area contributed by atoms with Gasteiger partial charge in [0, 0.05) is 25.4 Å². The van der Waals surface area contributed by atoms with Crippen molar-refractivity contribution in [2.24, 2.45) is 0 Å². The van der Waals surface area contributed by atoms with Crippen molar-refractivity contribution in [3.05, 3.63) is 23.9 Å². The highest BCUT2D eigenvalue weighted by atomic mass is 16.5. The fraction of sp³-hybridized carbons (Fsp3) is 0.667. The molecule has 0 spiro atoms. The molecule has 0 atom stereocenters. The standard InChI is InChI=1S/C18H28N2O3/c1-18(2,3)23-13-12-22-16-9-8-15(14-19-16)17(21)20-10-6-4-5-7-11-20/h8-9,14H,4-7,10-13H2,1-3H3. The molecule has 23 heavy (non-hydrogen) atoms. The molecule has 128 valence electrons. The van der Waals surface area contributed by atoms with Crippen molar-refractivity contribution in [3.8, 4) is 5.88 Å². The van der Waals surface area contributed by atoms with Crippen LogP contribution in [0.4, 0.5) is 0 Å². The highest BCUT2D eigenvalue weighted by molar-refractivity contribution is 5.94. The van der Waals surface area contributed by atoms with Gasteiger partial charge in [-0.15, -0.1) is 0 Å². The summed E-state index contributed by atoms with van der Waals surface area (Å²) in [6, 6.07) is 3.54. The number of pyridine rings is 1. The van der Waals surface area contributed by atoms with Gasteiger partial charge in [0.15, 0.2) is 0 Å². The quantitative estimate of drug-likeness (QED) is 0.781. The van der Waals surface area contributed by atoms with E-state index in [4.69, 9.17) is 9.47 Å². The van der Waals surface area contributed by atoms with Crippen LogP contribution < -0.4 is 4.74 Å². The van der Waals surface area contributed by atoms with E-state index in [0.717, 1.165) is 25.9 Å². The van der Waals surface area contributed by atoms with Crippen LogP contribution in [0, 0.1) is 0 Å². The number of carbonyl (C=O) groups excluding carboxylic acids is 1. The Morgan fingerprint density at radius 2 is 1.83 bits per heavy atom. The molecule has 0 bridgehead atoms. The average Bonchev–Trinajstić information content (AvgIpc) is 2.80. The predicted molar refractivity (Wildman–Crippen MR) is 89.8 cm³/mol. The zero-order valence-corrected chi connectivity index (χ0v) is 14.5. The summed E-state index contributed by atoms with van der Waals surface area (Å²) in [5.74, 6) is 0.594. The summed E-state index contributed by atoms with van der Waals surface area (Å²) >= 11 is 0. The molecule has 0 saturated carbocycles. The Morgan fingerprint density at radius 3 is 2.39 bits per heavy atom. The van der Waals surface area contributed by atoms with Crippen molar-refractivity contribution in [3.63, 3.8) is 0 Å². The second kappa shape index (κ2) is 8.29. The molecular formula is C18H28N2O3.